The van der Waals surface area contributed by atoms with Crippen LogP contribution in [0.25, 0.3) is 5.95 Å². The molecule has 1 unspecified atom stereocenters. The third-order valence-corrected chi connectivity index (χ3v) is 5.66. The van der Waals surface area contributed by atoms with Gasteiger partial charge in [-0.25, -0.2) is 9.97 Å². The number of benzene rings is 1. The first kappa shape index (κ1) is 26.3. The molecule has 35 heavy (non-hydrogen) atoms. The van der Waals surface area contributed by atoms with Gasteiger partial charge in [-0.05, 0) is 50.5 Å². The lowest BCUT2D eigenvalue weighted by Gasteiger charge is -2.21. The molecular weight excluding hydrogens is 440 g/mol. The monoisotopic (exact) mass is 478 g/mol. The molecule has 0 aliphatic rings. The lowest BCUT2D eigenvalue weighted by atomic mass is 10.0. The second kappa shape index (κ2) is 14.2. The number of rotatable bonds is 15. The number of ether oxygens (including phenoxy) is 1. The third-order valence-electron chi connectivity index (χ3n) is 5.66. The molecule has 2 aromatic heterocycles. The molecule has 0 radical (unpaired) electrons. The average molecular weight is 479 g/mol. The number of carbonyl (C=O) groups is 1. The molecule has 2 N–H and O–H groups in total. The van der Waals surface area contributed by atoms with Gasteiger partial charge in [0, 0.05) is 43.9 Å². The number of imidazole rings is 1. The van der Waals surface area contributed by atoms with Crippen molar-refractivity contribution in [1.29, 1.82) is 0 Å². The van der Waals surface area contributed by atoms with Gasteiger partial charge in [0.2, 0.25) is 11.9 Å². The maximum atomic E-state index is 13.0. The molecule has 2 heterocycles. The fourth-order valence-corrected chi connectivity index (χ4v) is 3.70. The lowest BCUT2D eigenvalue weighted by Crippen LogP contribution is -2.40. The third kappa shape index (κ3) is 9.13. The second-order valence-electron chi connectivity index (χ2n) is 9.01. The van der Waals surface area contributed by atoms with Crippen LogP contribution in [-0.4, -0.2) is 51.2 Å². The Labute approximate surface area is 208 Å². The van der Waals surface area contributed by atoms with Gasteiger partial charge in [-0.3, -0.25) is 9.36 Å². The number of nitrogens with zero attached hydrogens (tertiary/aromatic N) is 4. The number of aryl methyl sites for hydroxylation is 2. The molecule has 188 valence electrons. The van der Waals surface area contributed by atoms with Gasteiger partial charge in [0.25, 0.3) is 0 Å². The van der Waals surface area contributed by atoms with Crippen LogP contribution in [0.2, 0.25) is 0 Å². The maximum Gasteiger partial charge on any atom is 0.242 e. The standard InChI is InChI=1S/C27H38N6O2/c1-4-35-18-8-15-29-26(34)24(14-11-21(2)3)31-25-19-23(13-12-22-9-6-5-7-10-22)30-27(32-25)33-17-16-28-20-33/h5-7,9-10,16-17,19-21,24H,4,8,11-15,18H2,1-3H3,(H,29,34)(H,30,31,32). The van der Waals surface area contributed by atoms with Gasteiger partial charge < -0.3 is 15.4 Å². The summed E-state index contributed by atoms with van der Waals surface area (Å²) < 4.78 is 7.16. The largest absolute Gasteiger partial charge is 0.382 e. The number of hydrogen-bond donors (Lipinski definition) is 2. The Morgan fingerprint density at radius 3 is 2.66 bits per heavy atom. The fourth-order valence-electron chi connectivity index (χ4n) is 3.70. The van der Waals surface area contributed by atoms with Gasteiger partial charge in [0.15, 0.2) is 0 Å². The number of hydrogen-bond acceptors (Lipinski definition) is 6. The van der Waals surface area contributed by atoms with Gasteiger partial charge in [-0.1, -0.05) is 44.2 Å². The van der Waals surface area contributed by atoms with Crippen LogP contribution in [0.4, 0.5) is 5.82 Å². The van der Waals surface area contributed by atoms with Crippen molar-refractivity contribution < 1.29 is 9.53 Å². The van der Waals surface area contributed by atoms with Crippen molar-refractivity contribution in [3.8, 4) is 5.95 Å². The number of aromatic nitrogens is 4. The van der Waals surface area contributed by atoms with E-state index >= 15 is 0 Å². The molecule has 0 saturated heterocycles. The van der Waals surface area contributed by atoms with E-state index in [0.717, 1.165) is 37.8 Å². The predicted molar refractivity (Wildman–Crippen MR) is 139 cm³/mol. The second-order valence-corrected chi connectivity index (χ2v) is 9.01. The Morgan fingerprint density at radius 1 is 1.11 bits per heavy atom. The highest BCUT2D eigenvalue weighted by Crippen LogP contribution is 2.17. The van der Waals surface area contributed by atoms with Crippen molar-refractivity contribution in [3.05, 3.63) is 66.4 Å². The molecule has 8 heteroatoms. The summed E-state index contributed by atoms with van der Waals surface area (Å²) in [6.07, 6.45) is 9.29. The minimum atomic E-state index is -0.378. The number of amides is 1. The molecule has 0 saturated carbocycles. The van der Waals surface area contributed by atoms with Gasteiger partial charge in [0.1, 0.15) is 18.2 Å². The smallest absolute Gasteiger partial charge is 0.242 e. The first-order valence-electron chi connectivity index (χ1n) is 12.6. The van der Waals surface area contributed by atoms with E-state index in [1.165, 1.54) is 5.56 Å². The van der Waals surface area contributed by atoms with Crippen molar-refractivity contribution in [2.75, 3.05) is 25.1 Å². The minimum absolute atomic E-state index is 0.0178. The molecule has 0 bridgehead atoms. The normalized spacial score (nSPS) is 12.0. The van der Waals surface area contributed by atoms with E-state index in [9.17, 15) is 4.79 Å². The van der Waals surface area contributed by atoms with Crippen LogP contribution in [-0.2, 0) is 22.4 Å². The molecule has 8 nitrogen and oxygen atoms in total. The van der Waals surface area contributed by atoms with Crippen LogP contribution in [0, 0.1) is 5.92 Å². The van der Waals surface area contributed by atoms with E-state index in [1.807, 2.05) is 37.4 Å². The molecule has 0 aliphatic heterocycles. The Morgan fingerprint density at radius 2 is 1.94 bits per heavy atom. The van der Waals surface area contributed by atoms with Crippen molar-refractivity contribution in [2.24, 2.45) is 5.92 Å². The van der Waals surface area contributed by atoms with Gasteiger partial charge in [-0.2, -0.15) is 4.98 Å². The molecule has 3 aromatic rings. The van der Waals surface area contributed by atoms with Crippen LogP contribution in [0.5, 0.6) is 0 Å². The molecule has 0 fully saturated rings. The van der Waals surface area contributed by atoms with E-state index < -0.39 is 0 Å². The van der Waals surface area contributed by atoms with E-state index in [0.29, 0.717) is 37.4 Å². The summed E-state index contributed by atoms with van der Waals surface area (Å²) in [4.78, 5) is 26.6. The number of carbonyl (C=O) groups excluding carboxylic acids is 1. The summed E-state index contributed by atoms with van der Waals surface area (Å²) in [7, 11) is 0. The predicted octanol–water partition coefficient (Wildman–Crippen LogP) is 4.21. The summed E-state index contributed by atoms with van der Waals surface area (Å²) in [5, 5.41) is 6.45. The SMILES string of the molecule is CCOCCCNC(=O)C(CCC(C)C)Nc1cc(CCc2ccccc2)nc(-n2ccnc2)n1. The molecule has 3 rings (SSSR count). The Hall–Kier alpha value is -3.26. The van der Waals surface area contributed by atoms with E-state index in [1.54, 1.807) is 17.1 Å². The van der Waals surface area contributed by atoms with Crippen LogP contribution in [0.3, 0.4) is 0 Å². The zero-order chi connectivity index (χ0) is 24.9. The zero-order valence-corrected chi connectivity index (χ0v) is 21.1. The summed E-state index contributed by atoms with van der Waals surface area (Å²) in [5.74, 6) is 1.66. The van der Waals surface area contributed by atoms with Crippen LogP contribution < -0.4 is 10.6 Å². The quantitative estimate of drug-likeness (QED) is 0.318. The van der Waals surface area contributed by atoms with Crippen molar-refractivity contribution in [1.82, 2.24) is 24.8 Å². The molecule has 1 atom stereocenters. The van der Waals surface area contributed by atoms with E-state index in [2.05, 4.69) is 41.6 Å². The number of nitrogens with one attached hydrogen (secondary N) is 2. The summed E-state index contributed by atoms with van der Waals surface area (Å²) in [6.45, 7) is 8.22. The molecule has 1 amide bonds. The highest BCUT2D eigenvalue weighted by Gasteiger charge is 2.20. The number of anilines is 1. The highest BCUT2D eigenvalue weighted by atomic mass is 16.5. The molecule has 1 aromatic carbocycles. The van der Waals surface area contributed by atoms with Crippen molar-refractivity contribution >= 4 is 11.7 Å². The van der Waals surface area contributed by atoms with Crippen LogP contribution in [0.1, 0.15) is 51.3 Å². The topological polar surface area (TPSA) is 94.0 Å². The Kier molecular flexibility index (Phi) is 10.7. The van der Waals surface area contributed by atoms with E-state index in [4.69, 9.17) is 14.7 Å². The molecule has 0 spiro atoms. The van der Waals surface area contributed by atoms with Crippen molar-refractivity contribution in [3.63, 3.8) is 0 Å². The molecular formula is C27H38N6O2. The lowest BCUT2D eigenvalue weighted by molar-refractivity contribution is -0.122. The zero-order valence-electron chi connectivity index (χ0n) is 21.1. The minimum Gasteiger partial charge on any atom is -0.382 e. The molecule has 0 aliphatic carbocycles. The summed E-state index contributed by atoms with van der Waals surface area (Å²) >= 11 is 0. The fraction of sp³-hybridized carbons (Fsp3) is 0.481. The first-order chi connectivity index (χ1) is 17.0. The summed E-state index contributed by atoms with van der Waals surface area (Å²) in [5.41, 5.74) is 2.17. The van der Waals surface area contributed by atoms with Crippen LogP contribution in [0.15, 0.2) is 55.1 Å². The Bertz CT molecular complexity index is 1010. The van der Waals surface area contributed by atoms with E-state index in [-0.39, 0.29) is 11.9 Å². The Balaban J connectivity index is 1.76. The maximum absolute atomic E-state index is 13.0. The average Bonchev–Trinajstić information content (AvgIpc) is 3.41. The summed E-state index contributed by atoms with van der Waals surface area (Å²) in [6, 6.07) is 11.9. The van der Waals surface area contributed by atoms with Gasteiger partial charge >= 0.3 is 0 Å². The first-order valence-corrected chi connectivity index (χ1v) is 12.6. The highest BCUT2D eigenvalue weighted by molar-refractivity contribution is 5.84. The van der Waals surface area contributed by atoms with Gasteiger partial charge in [-0.15, -0.1) is 0 Å². The van der Waals surface area contributed by atoms with Gasteiger partial charge in [0.05, 0.1) is 0 Å². The van der Waals surface area contributed by atoms with Crippen LogP contribution >= 0.6 is 0 Å². The van der Waals surface area contributed by atoms with Crippen molar-refractivity contribution in [2.45, 2.75) is 58.9 Å².